The minimum Gasteiger partial charge on any atom is -0.311 e. The summed E-state index contributed by atoms with van der Waals surface area (Å²) in [7, 11) is 0. The van der Waals surface area contributed by atoms with E-state index < -0.39 is 0 Å². The second kappa shape index (κ2) is 7.46. The van der Waals surface area contributed by atoms with Gasteiger partial charge in [0.15, 0.2) is 0 Å². The van der Waals surface area contributed by atoms with Gasteiger partial charge in [-0.1, -0.05) is 46.0 Å². The van der Waals surface area contributed by atoms with E-state index in [1.54, 1.807) is 0 Å². The van der Waals surface area contributed by atoms with Gasteiger partial charge in [0.25, 0.3) is 0 Å². The average molecular weight is 293 g/mol. The first kappa shape index (κ1) is 15.8. The molecule has 3 unspecified atom stereocenters. The Morgan fingerprint density at radius 3 is 2.38 bits per heavy atom. The number of nitrogens with one attached hydrogen (secondary N) is 1. The van der Waals surface area contributed by atoms with E-state index in [0.717, 1.165) is 29.8 Å². The van der Waals surface area contributed by atoms with Crippen molar-refractivity contribution >= 4 is 0 Å². The zero-order chi connectivity index (χ0) is 14.7. The molecule has 1 N–H and O–H groups in total. The van der Waals surface area contributed by atoms with Crippen molar-refractivity contribution in [3.05, 3.63) is 0 Å². The van der Waals surface area contributed by atoms with E-state index >= 15 is 0 Å². The molecular weight excluding hydrogens is 256 g/mol. The van der Waals surface area contributed by atoms with Crippen molar-refractivity contribution in [3.8, 4) is 0 Å². The molecule has 122 valence electrons. The van der Waals surface area contributed by atoms with Gasteiger partial charge in [-0.05, 0) is 43.4 Å². The van der Waals surface area contributed by atoms with Crippen LogP contribution in [0.1, 0.15) is 71.6 Å². The highest BCUT2D eigenvalue weighted by Gasteiger charge is 2.36. The molecule has 1 aliphatic heterocycles. The predicted octanol–water partition coefficient (Wildman–Crippen LogP) is 4.06. The molecule has 0 spiro atoms. The summed E-state index contributed by atoms with van der Waals surface area (Å²) in [5, 5.41) is 3.86. The molecule has 0 bridgehead atoms. The first-order valence-corrected chi connectivity index (χ1v) is 9.73. The van der Waals surface area contributed by atoms with Gasteiger partial charge in [-0.25, -0.2) is 0 Å². The van der Waals surface area contributed by atoms with E-state index in [2.05, 4.69) is 24.1 Å². The molecule has 0 amide bonds. The quantitative estimate of drug-likeness (QED) is 0.844. The van der Waals surface area contributed by atoms with Gasteiger partial charge in [0.2, 0.25) is 0 Å². The molecule has 3 rings (SSSR count). The van der Waals surface area contributed by atoms with Crippen molar-refractivity contribution < 1.29 is 0 Å². The molecule has 3 atom stereocenters. The fourth-order valence-electron chi connectivity index (χ4n) is 5.33. The Balaban J connectivity index is 1.61. The van der Waals surface area contributed by atoms with E-state index in [4.69, 9.17) is 0 Å². The van der Waals surface area contributed by atoms with Crippen molar-refractivity contribution in [1.82, 2.24) is 10.2 Å². The van der Waals surface area contributed by atoms with E-state index in [9.17, 15) is 0 Å². The number of nitrogens with zero attached hydrogens (tertiary/aromatic N) is 1. The topological polar surface area (TPSA) is 15.3 Å². The zero-order valence-electron chi connectivity index (χ0n) is 14.3. The number of hydrogen-bond acceptors (Lipinski definition) is 2. The number of rotatable bonds is 3. The lowest BCUT2D eigenvalue weighted by molar-refractivity contribution is 0.0415. The third-order valence-electron chi connectivity index (χ3n) is 6.56. The van der Waals surface area contributed by atoms with Crippen LogP contribution in [0.5, 0.6) is 0 Å². The first-order chi connectivity index (χ1) is 10.3. The molecular formula is C19H36N2. The summed E-state index contributed by atoms with van der Waals surface area (Å²) < 4.78 is 0. The Labute approximate surface area is 132 Å². The fourth-order valence-corrected chi connectivity index (χ4v) is 5.33. The molecule has 2 heteroatoms. The Morgan fingerprint density at radius 1 is 0.905 bits per heavy atom. The van der Waals surface area contributed by atoms with E-state index in [1.165, 1.54) is 77.4 Å². The summed E-state index contributed by atoms with van der Waals surface area (Å²) in [5.74, 6) is 2.77. The number of hydrogen-bond donors (Lipinski definition) is 1. The Bertz CT molecular complexity index is 309. The molecule has 0 aromatic rings. The molecule has 3 aliphatic rings. The van der Waals surface area contributed by atoms with Crippen LogP contribution in [0.3, 0.4) is 0 Å². The summed E-state index contributed by atoms with van der Waals surface area (Å²) in [5.41, 5.74) is 0. The van der Waals surface area contributed by atoms with Crippen LogP contribution >= 0.6 is 0 Å². The molecule has 2 nitrogen and oxygen atoms in total. The Morgan fingerprint density at radius 2 is 1.62 bits per heavy atom. The molecule has 2 aliphatic carbocycles. The number of piperazine rings is 1. The molecule has 2 saturated carbocycles. The molecule has 0 radical (unpaired) electrons. The maximum Gasteiger partial charge on any atom is 0.0223 e. The van der Waals surface area contributed by atoms with Gasteiger partial charge in [-0.15, -0.1) is 0 Å². The van der Waals surface area contributed by atoms with Crippen molar-refractivity contribution in [1.29, 1.82) is 0 Å². The van der Waals surface area contributed by atoms with Gasteiger partial charge < -0.3 is 5.32 Å². The van der Waals surface area contributed by atoms with Gasteiger partial charge in [0.1, 0.15) is 0 Å². The molecule has 0 aromatic heterocycles. The highest BCUT2D eigenvalue weighted by Crippen LogP contribution is 2.35. The van der Waals surface area contributed by atoms with Crippen LogP contribution < -0.4 is 5.32 Å². The Hall–Kier alpha value is -0.0800. The summed E-state index contributed by atoms with van der Waals surface area (Å²) in [6, 6.07) is 1.67. The van der Waals surface area contributed by atoms with Crippen molar-refractivity contribution in [2.45, 2.75) is 83.7 Å². The standard InChI is InChI=1S/C19H36N2/c1-15(2)17-10-6-7-11-19(17)21-13-12-20-18(14-21)16-8-4-3-5-9-16/h15-20H,3-14H2,1-2H3. The lowest BCUT2D eigenvalue weighted by Gasteiger charge is -2.47. The SMILES string of the molecule is CC(C)C1CCCCC1N1CCNC(C2CCCCC2)C1. The largest absolute Gasteiger partial charge is 0.311 e. The summed E-state index contributed by atoms with van der Waals surface area (Å²) in [6.07, 6.45) is 13.2. The third kappa shape index (κ3) is 3.82. The smallest absolute Gasteiger partial charge is 0.0223 e. The Kier molecular flexibility index (Phi) is 5.61. The van der Waals surface area contributed by atoms with Gasteiger partial charge in [0, 0.05) is 31.7 Å². The predicted molar refractivity (Wildman–Crippen MR) is 90.5 cm³/mol. The van der Waals surface area contributed by atoms with Crippen LogP contribution in [0.15, 0.2) is 0 Å². The maximum absolute atomic E-state index is 3.86. The minimum atomic E-state index is 0.786. The van der Waals surface area contributed by atoms with Crippen LogP contribution in [0, 0.1) is 17.8 Å². The minimum absolute atomic E-state index is 0.786. The third-order valence-corrected chi connectivity index (χ3v) is 6.56. The summed E-state index contributed by atoms with van der Waals surface area (Å²) >= 11 is 0. The second-order valence-electron chi connectivity index (χ2n) is 8.21. The molecule has 1 saturated heterocycles. The highest BCUT2D eigenvalue weighted by atomic mass is 15.2. The van der Waals surface area contributed by atoms with Gasteiger partial charge in [0.05, 0.1) is 0 Å². The van der Waals surface area contributed by atoms with Crippen molar-refractivity contribution in [3.63, 3.8) is 0 Å². The van der Waals surface area contributed by atoms with E-state index in [-0.39, 0.29) is 0 Å². The maximum atomic E-state index is 3.86. The lowest BCUT2D eigenvalue weighted by atomic mass is 9.76. The van der Waals surface area contributed by atoms with Crippen LogP contribution in [0.4, 0.5) is 0 Å². The van der Waals surface area contributed by atoms with Crippen LogP contribution in [-0.2, 0) is 0 Å². The average Bonchev–Trinajstić information content (AvgIpc) is 2.56. The highest BCUT2D eigenvalue weighted by molar-refractivity contribution is 4.92. The summed E-state index contributed by atoms with van der Waals surface area (Å²) in [4.78, 5) is 2.89. The molecule has 0 aromatic carbocycles. The fraction of sp³-hybridized carbons (Fsp3) is 1.00. The van der Waals surface area contributed by atoms with Gasteiger partial charge in [-0.2, -0.15) is 0 Å². The second-order valence-corrected chi connectivity index (χ2v) is 8.21. The molecule has 21 heavy (non-hydrogen) atoms. The van der Waals surface area contributed by atoms with Crippen molar-refractivity contribution in [2.24, 2.45) is 17.8 Å². The van der Waals surface area contributed by atoms with Crippen LogP contribution in [-0.4, -0.2) is 36.6 Å². The molecule has 3 fully saturated rings. The van der Waals surface area contributed by atoms with Gasteiger partial charge >= 0.3 is 0 Å². The normalized spacial score (nSPS) is 37.0. The van der Waals surface area contributed by atoms with E-state index in [0.29, 0.717) is 0 Å². The monoisotopic (exact) mass is 292 g/mol. The zero-order valence-corrected chi connectivity index (χ0v) is 14.3. The van der Waals surface area contributed by atoms with Gasteiger partial charge in [-0.3, -0.25) is 4.90 Å². The van der Waals surface area contributed by atoms with Crippen molar-refractivity contribution in [2.75, 3.05) is 19.6 Å². The first-order valence-electron chi connectivity index (χ1n) is 9.73. The van der Waals surface area contributed by atoms with Crippen LogP contribution in [0.25, 0.3) is 0 Å². The summed E-state index contributed by atoms with van der Waals surface area (Å²) in [6.45, 7) is 8.74. The lowest BCUT2D eigenvalue weighted by Crippen LogP contribution is -2.58. The van der Waals surface area contributed by atoms with E-state index in [1.807, 2.05) is 0 Å². The van der Waals surface area contributed by atoms with Crippen LogP contribution in [0.2, 0.25) is 0 Å². The molecule has 1 heterocycles.